The Hall–Kier alpha value is -1.10. The molecule has 21 heavy (non-hydrogen) atoms. The van der Waals surface area contributed by atoms with Crippen LogP contribution in [0.2, 0.25) is 0 Å². The number of ether oxygens (including phenoxy) is 1. The van der Waals surface area contributed by atoms with Crippen LogP contribution >= 0.6 is 15.9 Å². The Bertz CT molecular complexity index is 623. The van der Waals surface area contributed by atoms with E-state index in [9.17, 15) is 0 Å². The molecule has 1 saturated heterocycles. The van der Waals surface area contributed by atoms with Crippen LogP contribution in [0.5, 0.6) is 5.75 Å². The molecule has 0 radical (unpaired) electrons. The van der Waals surface area contributed by atoms with Gasteiger partial charge in [0.15, 0.2) is 0 Å². The molecule has 0 spiro atoms. The highest BCUT2D eigenvalue weighted by Gasteiger charge is 2.13. The summed E-state index contributed by atoms with van der Waals surface area (Å²) in [5.41, 5.74) is 1.32. The monoisotopic (exact) mass is 348 g/mol. The van der Waals surface area contributed by atoms with E-state index in [1.165, 1.54) is 16.3 Å². The number of rotatable bonds is 4. The third kappa shape index (κ3) is 3.39. The van der Waals surface area contributed by atoms with Crippen molar-refractivity contribution < 1.29 is 4.74 Å². The molecular formula is C17H21BrN2O. The van der Waals surface area contributed by atoms with Gasteiger partial charge in [0.05, 0.1) is 7.11 Å². The number of nitrogens with zero attached hydrogens (tertiary/aromatic N) is 1. The van der Waals surface area contributed by atoms with Crippen LogP contribution in [0.3, 0.4) is 0 Å². The molecule has 2 aromatic carbocycles. The van der Waals surface area contributed by atoms with Gasteiger partial charge in [0.2, 0.25) is 0 Å². The van der Waals surface area contributed by atoms with Gasteiger partial charge in [0.25, 0.3) is 0 Å². The van der Waals surface area contributed by atoms with Crippen LogP contribution in [0.1, 0.15) is 5.56 Å². The Morgan fingerprint density at radius 3 is 2.76 bits per heavy atom. The van der Waals surface area contributed by atoms with Crippen molar-refractivity contribution in [1.82, 2.24) is 10.2 Å². The van der Waals surface area contributed by atoms with E-state index in [2.05, 4.69) is 56.5 Å². The lowest BCUT2D eigenvalue weighted by Crippen LogP contribution is -2.44. The topological polar surface area (TPSA) is 24.5 Å². The zero-order chi connectivity index (χ0) is 14.7. The lowest BCUT2D eigenvalue weighted by atomic mass is 10.0. The molecule has 0 bridgehead atoms. The van der Waals surface area contributed by atoms with Crippen LogP contribution in [0.15, 0.2) is 34.8 Å². The van der Waals surface area contributed by atoms with Crippen molar-refractivity contribution in [2.45, 2.75) is 6.42 Å². The summed E-state index contributed by atoms with van der Waals surface area (Å²) in [4.78, 5) is 2.52. The normalized spacial score (nSPS) is 16.3. The van der Waals surface area contributed by atoms with Crippen molar-refractivity contribution in [3.8, 4) is 5.75 Å². The van der Waals surface area contributed by atoms with E-state index < -0.39 is 0 Å². The predicted octanol–water partition coefficient (Wildman–Crippen LogP) is 3.06. The minimum Gasteiger partial charge on any atom is -0.496 e. The molecule has 3 rings (SSSR count). The highest BCUT2D eigenvalue weighted by Crippen LogP contribution is 2.30. The van der Waals surface area contributed by atoms with E-state index in [-0.39, 0.29) is 0 Å². The molecule has 1 aliphatic heterocycles. The number of piperazine rings is 1. The lowest BCUT2D eigenvalue weighted by Gasteiger charge is -2.27. The van der Waals surface area contributed by atoms with Crippen molar-refractivity contribution in [3.05, 3.63) is 40.4 Å². The summed E-state index contributed by atoms with van der Waals surface area (Å²) < 4.78 is 6.70. The predicted molar refractivity (Wildman–Crippen MR) is 91.2 cm³/mol. The molecule has 1 aliphatic rings. The van der Waals surface area contributed by atoms with E-state index in [1.54, 1.807) is 7.11 Å². The average molecular weight is 349 g/mol. The summed E-state index contributed by atoms with van der Waals surface area (Å²) in [6, 6.07) is 10.7. The summed E-state index contributed by atoms with van der Waals surface area (Å²) in [5.74, 6) is 1.000. The highest BCUT2D eigenvalue weighted by molar-refractivity contribution is 9.10. The van der Waals surface area contributed by atoms with Gasteiger partial charge >= 0.3 is 0 Å². The molecule has 1 heterocycles. The zero-order valence-electron chi connectivity index (χ0n) is 12.4. The number of benzene rings is 2. The Morgan fingerprint density at radius 2 is 2.00 bits per heavy atom. The maximum atomic E-state index is 5.58. The third-order valence-corrected chi connectivity index (χ3v) is 4.65. The second-order valence-electron chi connectivity index (χ2n) is 5.45. The number of hydrogen-bond donors (Lipinski definition) is 1. The first-order valence-corrected chi connectivity index (χ1v) is 8.25. The minimum absolute atomic E-state index is 1.000. The van der Waals surface area contributed by atoms with Crippen molar-refractivity contribution in [3.63, 3.8) is 0 Å². The van der Waals surface area contributed by atoms with E-state index in [0.717, 1.165) is 49.4 Å². The van der Waals surface area contributed by atoms with Crippen molar-refractivity contribution in [2.24, 2.45) is 0 Å². The minimum atomic E-state index is 1.000. The fraction of sp³-hybridized carbons (Fsp3) is 0.412. The van der Waals surface area contributed by atoms with E-state index >= 15 is 0 Å². The molecule has 0 aromatic heterocycles. The number of halogens is 1. The molecule has 0 amide bonds. The van der Waals surface area contributed by atoms with Gasteiger partial charge in [-0.1, -0.05) is 28.1 Å². The van der Waals surface area contributed by atoms with Crippen molar-refractivity contribution >= 4 is 26.7 Å². The summed E-state index contributed by atoms with van der Waals surface area (Å²) in [5, 5.41) is 5.96. The van der Waals surface area contributed by atoms with Crippen LogP contribution in [0.4, 0.5) is 0 Å². The van der Waals surface area contributed by atoms with Crippen LogP contribution in [0, 0.1) is 0 Å². The Morgan fingerprint density at radius 1 is 1.19 bits per heavy atom. The van der Waals surface area contributed by atoms with Crippen molar-refractivity contribution in [2.75, 3.05) is 39.8 Å². The Kier molecular flexibility index (Phi) is 4.78. The summed E-state index contributed by atoms with van der Waals surface area (Å²) >= 11 is 3.55. The zero-order valence-corrected chi connectivity index (χ0v) is 13.9. The van der Waals surface area contributed by atoms with Gasteiger partial charge in [-0.2, -0.15) is 0 Å². The fourth-order valence-corrected chi connectivity index (χ4v) is 3.38. The highest BCUT2D eigenvalue weighted by atomic mass is 79.9. The first-order chi connectivity index (χ1) is 10.3. The average Bonchev–Trinajstić information content (AvgIpc) is 2.53. The molecule has 1 N–H and O–H groups in total. The van der Waals surface area contributed by atoms with Gasteiger partial charge < -0.3 is 15.0 Å². The van der Waals surface area contributed by atoms with E-state index in [0.29, 0.717) is 0 Å². The first-order valence-electron chi connectivity index (χ1n) is 7.46. The van der Waals surface area contributed by atoms with Gasteiger partial charge in [-0.25, -0.2) is 0 Å². The van der Waals surface area contributed by atoms with Gasteiger partial charge in [-0.15, -0.1) is 0 Å². The second-order valence-corrected chi connectivity index (χ2v) is 6.37. The smallest absolute Gasteiger partial charge is 0.122 e. The third-order valence-electron chi connectivity index (χ3n) is 4.16. The van der Waals surface area contributed by atoms with E-state index in [1.807, 2.05) is 0 Å². The molecule has 2 aromatic rings. The van der Waals surface area contributed by atoms with E-state index in [4.69, 9.17) is 4.74 Å². The van der Waals surface area contributed by atoms with Crippen LogP contribution in [-0.2, 0) is 6.42 Å². The number of hydrogen-bond acceptors (Lipinski definition) is 3. The largest absolute Gasteiger partial charge is 0.496 e. The number of methoxy groups -OCH3 is 1. The fourth-order valence-electron chi connectivity index (χ4n) is 3.00. The van der Waals surface area contributed by atoms with Crippen molar-refractivity contribution in [1.29, 1.82) is 0 Å². The van der Waals surface area contributed by atoms with Crippen LogP contribution in [-0.4, -0.2) is 44.7 Å². The van der Waals surface area contributed by atoms with Gasteiger partial charge in [0.1, 0.15) is 5.75 Å². The summed E-state index contributed by atoms with van der Waals surface area (Å²) in [7, 11) is 1.76. The second kappa shape index (κ2) is 6.77. The molecule has 0 saturated carbocycles. The van der Waals surface area contributed by atoms with Gasteiger partial charge in [-0.05, 0) is 35.4 Å². The molecule has 0 atom stereocenters. The molecule has 112 valence electrons. The standard InChI is InChI=1S/C17H21BrN2O/c1-21-17-5-2-13-12-14(18)3-4-15(13)16(17)6-9-20-10-7-19-8-11-20/h2-5,12,19H,6-11H2,1H3. The Labute approximate surface area is 134 Å². The number of nitrogens with one attached hydrogen (secondary N) is 1. The van der Waals surface area contributed by atoms with Gasteiger partial charge in [-0.3, -0.25) is 0 Å². The van der Waals surface area contributed by atoms with Crippen LogP contribution in [0.25, 0.3) is 10.8 Å². The molecular weight excluding hydrogens is 328 g/mol. The van der Waals surface area contributed by atoms with Crippen LogP contribution < -0.4 is 10.1 Å². The first kappa shape index (κ1) is 14.8. The SMILES string of the molecule is COc1ccc2cc(Br)ccc2c1CCN1CCNCC1. The molecule has 3 nitrogen and oxygen atoms in total. The maximum Gasteiger partial charge on any atom is 0.122 e. The Balaban J connectivity index is 1.87. The lowest BCUT2D eigenvalue weighted by molar-refractivity contribution is 0.243. The quantitative estimate of drug-likeness (QED) is 0.918. The number of fused-ring (bicyclic) bond motifs is 1. The molecule has 1 fully saturated rings. The molecule has 4 heteroatoms. The molecule has 0 aliphatic carbocycles. The van der Waals surface area contributed by atoms with Gasteiger partial charge in [0, 0.05) is 42.8 Å². The maximum absolute atomic E-state index is 5.58. The molecule has 0 unspecified atom stereocenters. The summed E-state index contributed by atoms with van der Waals surface area (Å²) in [6.45, 7) is 5.56. The summed E-state index contributed by atoms with van der Waals surface area (Å²) in [6.07, 6.45) is 1.03.